The lowest BCUT2D eigenvalue weighted by molar-refractivity contribution is 0.619. The van der Waals surface area contributed by atoms with Gasteiger partial charge in [0.15, 0.2) is 0 Å². The Kier molecular flexibility index (Phi) is 4.14. The van der Waals surface area contributed by atoms with Crippen molar-refractivity contribution < 1.29 is 4.39 Å². The van der Waals surface area contributed by atoms with Crippen molar-refractivity contribution in [2.24, 2.45) is 5.84 Å². The van der Waals surface area contributed by atoms with E-state index in [4.69, 9.17) is 5.84 Å². The van der Waals surface area contributed by atoms with Gasteiger partial charge in [-0.15, -0.1) is 0 Å². The van der Waals surface area contributed by atoms with E-state index in [9.17, 15) is 4.39 Å². The van der Waals surface area contributed by atoms with Crippen LogP contribution >= 0.6 is 0 Å². The van der Waals surface area contributed by atoms with E-state index in [1.807, 2.05) is 13.8 Å². The molecular weight excluding hydrogens is 257 g/mol. The van der Waals surface area contributed by atoms with Crippen molar-refractivity contribution in [3.05, 3.63) is 41.0 Å². The SMILES string of the molecule is CCc1nc(NN)c(C)c(Nc2cccc(F)c2C)n1. The number of nitrogens with one attached hydrogen (secondary N) is 2. The summed E-state index contributed by atoms with van der Waals surface area (Å²) in [6.07, 6.45) is 0.686. The van der Waals surface area contributed by atoms with Gasteiger partial charge in [-0.3, -0.25) is 0 Å². The van der Waals surface area contributed by atoms with E-state index in [2.05, 4.69) is 20.7 Å². The summed E-state index contributed by atoms with van der Waals surface area (Å²) < 4.78 is 13.6. The van der Waals surface area contributed by atoms with E-state index in [1.54, 1.807) is 19.1 Å². The first-order valence-corrected chi connectivity index (χ1v) is 6.43. The van der Waals surface area contributed by atoms with Crippen LogP contribution in [-0.2, 0) is 6.42 Å². The molecule has 0 unspecified atom stereocenters. The van der Waals surface area contributed by atoms with E-state index in [0.717, 1.165) is 5.56 Å². The number of rotatable bonds is 4. The fourth-order valence-electron chi connectivity index (χ4n) is 1.85. The number of nitrogen functional groups attached to an aromatic ring is 1. The maximum atomic E-state index is 13.6. The summed E-state index contributed by atoms with van der Waals surface area (Å²) >= 11 is 0. The van der Waals surface area contributed by atoms with Gasteiger partial charge in [-0.25, -0.2) is 20.2 Å². The zero-order valence-corrected chi connectivity index (χ0v) is 11.8. The van der Waals surface area contributed by atoms with Crippen LogP contribution in [0, 0.1) is 19.7 Å². The van der Waals surface area contributed by atoms with Crippen LogP contribution in [0.5, 0.6) is 0 Å². The molecule has 6 heteroatoms. The third-order valence-electron chi connectivity index (χ3n) is 3.17. The summed E-state index contributed by atoms with van der Waals surface area (Å²) in [4.78, 5) is 8.72. The highest BCUT2D eigenvalue weighted by Gasteiger charge is 2.11. The van der Waals surface area contributed by atoms with Gasteiger partial charge in [0.1, 0.15) is 23.3 Å². The fraction of sp³-hybridized carbons (Fsp3) is 0.286. The molecule has 0 aliphatic carbocycles. The van der Waals surface area contributed by atoms with Crippen molar-refractivity contribution in [3.8, 4) is 0 Å². The second-order valence-electron chi connectivity index (χ2n) is 4.50. The van der Waals surface area contributed by atoms with Crippen molar-refractivity contribution in [2.75, 3.05) is 10.7 Å². The second-order valence-corrected chi connectivity index (χ2v) is 4.50. The van der Waals surface area contributed by atoms with Crippen molar-refractivity contribution in [3.63, 3.8) is 0 Å². The molecule has 106 valence electrons. The topological polar surface area (TPSA) is 75.9 Å². The minimum absolute atomic E-state index is 0.255. The van der Waals surface area contributed by atoms with E-state index < -0.39 is 0 Å². The molecule has 0 aliphatic heterocycles. The minimum atomic E-state index is -0.255. The summed E-state index contributed by atoms with van der Waals surface area (Å²) in [5.74, 6) is 7.06. The number of nitrogens with two attached hydrogens (primary N) is 1. The van der Waals surface area contributed by atoms with Crippen molar-refractivity contribution >= 4 is 17.3 Å². The summed E-state index contributed by atoms with van der Waals surface area (Å²) in [7, 11) is 0. The zero-order valence-electron chi connectivity index (χ0n) is 11.8. The Labute approximate surface area is 117 Å². The number of hydrogen-bond donors (Lipinski definition) is 3. The predicted molar refractivity (Wildman–Crippen MR) is 78.4 cm³/mol. The monoisotopic (exact) mass is 275 g/mol. The summed E-state index contributed by atoms with van der Waals surface area (Å²) in [5, 5.41) is 3.14. The Bertz CT molecular complexity index is 627. The van der Waals surface area contributed by atoms with Crippen molar-refractivity contribution in [1.82, 2.24) is 9.97 Å². The third kappa shape index (κ3) is 2.70. The van der Waals surface area contributed by atoms with Crippen LogP contribution in [0.15, 0.2) is 18.2 Å². The summed E-state index contributed by atoms with van der Waals surface area (Å²) in [6.45, 7) is 5.53. The first kappa shape index (κ1) is 14.2. The molecule has 20 heavy (non-hydrogen) atoms. The number of aryl methyl sites for hydroxylation is 1. The molecule has 1 aromatic carbocycles. The smallest absolute Gasteiger partial charge is 0.148 e. The number of hydrazine groups is 1. The third-order valence-corrected chi connectivity index (χ3v) is 3.17. The van der Waals surface area contributed by atoms with Gasteiger partial charge in [0.05, 0.1) is 0 Å². The van der Waals surface area contributed by atoms with Gasteiger partial charge < -0.3 is 10.7 Å². The van der Waals surface area contributed by atoms with Gasteiger partial charge in [0, 0.05) is 23.2 Å². The second kappa shape index (κ2) is 5.83. The molecule has 2 aromatic rings. The molecule has 0 aliphatic rings. The number of nitrogens with zero attached hydrogens (tertiary/aromatic N) is 2. The summed E-state index contributed by atoms with van der Waals surface area (Å²) in [6, 6.07) is 4.89. The van der Waals surface area contributed by atoms with Crippen molar-refractivity contribution in [2.45, 2.75) is 27.2 Å². The highest BCUT2D eigenvalue weighted by molar-refractivity contribution is 5.66. The molecule has 0 bridgehead atoms. The minimum Gasteiger partial charge on any atom is -0.340 e. The maximum absolute atomic E-state index is 13.6. The molecule has 2 rings (SSSR count). The molecule has 0 saturated heterocycles. The zero-order chi connectivity index (χ0) is 14.7. The lowest BCUT2D eigenvalue weighted by Crippen LogP contribution is -2.14. The van der Waals surface area contributed by atoms with Gasteiger partial charge in [0.25, 0.3) is 0 Å². The molecule has 0 radical (unpaired) electrons. The van der Waals surface area contributed by atoms with E-state index >= 15 is 0 Å². The van der Waals surface area contributed by atoms with Crippen molar-refractivity contribution in [1.29, 1.82) is 0 Å². The molecule has 1 aromatic heterocycles. The molecule has 4 N–H and O–H groups in total. The van der Waals surface area contributed by atoms with Crippen LogP contribution in [0.3, 0.4) is 0 Å². The normalized spacial score (nSPS) is 10.4. The molecule has 0 atom stereocenters. The highest BCUT2D eigenvalue weighted by atomic mass is 19.1. The predicted octanol–water partition coefficient (Wildman–Crippen LogP) is 2.82. The maximum Gasteiger partial charge on any atom is 0.148 e. The van der Waals surface area contributed by atoms with Gasteiger partial charge in [-0.1, -0.05) is 13.0 Å². The lowest BCUT2D eigenvalue weighted by Gasteiger charge is -2.14. The molecule has 1 heterocycles. The molecule has 0 spiro atoms. The number of benzene rings is 1. The summed E-state index contributed by atoms with van der Waals surface area (Å²) in [5.41, 5.74) is 4.57. The molecule has 5 nitrogen and oxygen atoms in total. The van der Waals surface area contributed by atoms with Crippen LogP contribution in [0.4, 0.5) is 21.7 Å². The van der Waals surface area contributed by atoms with Gasteiger partial charge in [0.2, 0.25) is 0 Å². The Morgan fingerprint density at radius 2 is 1.85 bits per heavy atom. The van der Waals surface area contributed by atoms with Gasteiger partial charge >= 0.3 is 0 Å². The van der Waals surface area contributed by atoms with Crippen LogP contribution in [-0.4, -0.2) is 9.97 Å². The Balaban J connectivity index is 2.45. The van der Waals surface area contributed by atoms with Gasteiger partial charge in [-0.2, -0.15) is 0 Å². The van der Waals surface area contributed by atoms with E-state index in [-0.39, 0.29) is 5.82 Å². The molecule has 0 fully saturated rings. The largest absolute Gasteiger partial charge is 0.340 e. The fourth-order valence-corrected chi connectivity index (χ4v) is 1.85. The average molecular weight is 275 g/mol. The van der Waals surface area contributed by atoms with Crippen LogP contribution < -0.4 is 16.6 Å². The first-order valence-electron chi connectivity index (χ1n) is 6.43. The Morgan fingerprint density at radius 1 is 1.15 bits per heavy atom. The van der Waals surface area contributed by atoms with E-state index in [0.29, 0.717) is 35.1 Å². The van der Waals surface area contributed by atoms with Crippen LogP contribution in [0.25, 0.3) is 0 Å². The van der Waals surface area contributed by atoms with Crippen LogP contribution in [0.1, 0.15) is 23.9 Å². The quantitative estimate of drug-likeness (QED) is 0.591. The van der Waals surface area contributed by atoms with Crippen LogP contribution in [0.2, 0.25) is 0 Å². The molecule has 0 amide bonds. The number of halogens is 1. The van der Waals surface area contributed by atoms with Gasteiger partial charge in [-0.05, 0) is 26.0 Å². The number of anilines is 3. The standard InChI is InChI=1S/C14H18FN5/c1-4-12-18-13(9(3)14(19-12)20-16)17-11-7-5-6-10(15)8(11)2/h5-7H,4,16H2,1-3H3,(H2,17,18,19,20). The Hall–Kier alpha value is -2.21. The average Bonchev–Trinajstić information content (AvgIpc) is 2.45. The molecule has 0 saturated carbocycles. The highest BCUT2D eigenvalue weighted by Crippen LogP contribution is 2.26. The van der Waals surface area contributed by atoms with E-state index in [1.165, 1.54) is 6.07 Å². The lowest BCUT2D eigenvalue weighted by atomic mass is 10.2. The first-order chi connectivity index (χ1) is 9.56. The Morgan fingerprint density at radius 3 is 2.50 bits per heavy atom. The number of hydrogen-bond acceptors (Lipinski definition) is 5. The number of aromatic nitrogens is 2. The molecular formula is C14H18FN5.